The summed E-state index contributed by atoms with van der Waals surface area (Å²) in [6, 6.07) is 7.13. The van der Waals surface area contributed by atoms with Gasteiger partial charge in [-0.15, -0.1) is 0 Å². The molecule has 0 spiro atoms. The first-order chi connectivity index (χ1) is 11.6. The van der Waals surface area contributed by atoms with Crippen LogP contribution < -0.4 is 10.6 Å². The molecule has 0 aromatic heterocycles. The standard InChI is InChI=1S/C18H25N3O3/c1-14-5-7-15(8-6-14)16(22)9-11-20-18(24)19-10-3-13-21-12-2-4-17(21)23/h5-8H,2-4,9-13H2,1H3,(H2,19,20,24). The van der Waals surface area contributed by atoms with Crippen molar-refractivity contribution in [1.82, 2.24) is 15.5 Å². The monoisotopic (exact) mass is 331 g/mol. The van der Waals surface area contributed by atoms with Gasteiger partial charge in [-0.1, -0.05) is 29.8 Å². The molecule has 1 aromatic carbocycles. The van der Waals surface area contributed by atoms with E-state index in [-0.39, 0.29) is 24.1 Å². The van der Waals surface area contributed by atoms with Crippen LogP contribution in [-0.2, 0) is 4.79 Å². The van der Waals surface area contributed by atoms with Gasteiger partial charge in [0.05, 0.1) is 0 Å². The number of hydrogen-bond acceptors (Lipinski definition) is 3. The van der Waals surface area contributed by atoms with E-state index in [0.29, 0.717) is 31.6 Å². The molecule has 6 heteroatoms. The normalized spacial score (nSPS) is 13.9. The number of rotatable bonds is 8. The number of aryl methyl sites for hydroxylation is 1. The van der Waals surface area contributed by atoms with Gasteiger partial charge in [-0.25, -0.2) is 4.79 Å². The first-order valence-corrected chi connectivity index (χ1v) is 8.45. The van der Waals surface area contributed by atoms with Crippen molar-refractivity contribution in [3.8, 4) is 0 Å². The average Bonchev–Trinajstić information content (AvgIpc) is 2.97. The van der Waals surface area contributed by atoms with Gasteiger partial charge in [-0.05, 0) is 19.8 Å². The summed E-state index contributed by atoms with van der Waals surface area (Å²) in [5, 5.41) is 5.42. The maximum atomic E-state index is 12.0. The molecule has 1 aliphatic rings. The Balaban J connectivity index is 1.55. The second kappa shape index (κ2) is 9.05. The molecule has 2 rings (SSSR count). The number of nitrogens with zero attached hydrogens (tertiary/aromatic N) is 1. The minimum absolute atomic E-state index is 0.0165. The largest absolute Gasteiger partial charge is 0.343 e. The van der Waals surface area contributed by atoms with Crippen molar-refractivity contribution in [3.05, 3.63) is 35.4 Å². The van der Waals surface area contributed by atoms with Crippen LogP contribution >= 0.6 is 0 Å². The van der Waals surface area contributed by atoms with Crippen molar-refractivity contribution < 1.29 is 14.4 Å². The fourth-order valence-electron chi connectivity index (χ4n) is 2.65. The van der Waals surface area contributed by atoms with Gasteiger partial charge < -0.3 is 15.5 Å². The van der Waals surface area contributed by atoms with Crippen molar-refractivity contribution in [3.63, 3.8) is 0 Å². The number of Topliss-reactive ketones (excluding diaryl/α,β-unsaturated/α-hetero) is 1. The van der Waals surface area contributed by atoms with E-state index in [9.17, 15) is 14.4 Å². The quantitative estimate of drug-likeness (QED) is 0.564. The van der Waals surface area contributed by atoms with Gasteiger partial charge in [0.2, 0.25) is 5.91 Å². The lowest BCUT2D eigenvalue weighted by atomic mass is 10.1. The highest BCUT2D eigenvalue weighted by Crippen LogP contribution is 2.09. The number of nitrogens with one attached hydrogen (secondary N) is 2. The van der Waals surface area contributed by atoms with Crippen LogP contribution in [0.5, 0.6) is 0 Å². The number of hydrogen-bond donors (Lipinski definition) is 2. The van der Waals surface area contributed by atoms with Gasteiger partial charge in [-0.2, -0.15) is 0 Å². The first-order valence-electron chi connectivity index (χ1n) is 8.45. The third-order valence-corrected chi connectivity index (χ3v) is 4.07. The van der Waals surface area contributed by atoms with Crippen molar-refractivity contribution in [1.29, 1.82) is 0 Å². The highest BCUT2D eigenvalue weighted by Gasteiger charge is 2.18. The lowest BCUT2D eigenvalue weighted by molar-refractivity contribution is -0.127. The lowest BCUT2D eigenvalue weighted by Crippen LogP contribution is -2.38. The minimum Gasteiger partial charge on any atom is -0.343 e. The Morgan fingerprint density at radius 3 is 2.50 bits per heavy atom. The predicted molar refractivity (Wildman–Crippen MR) is 92.0 cm³/mol. The summed E-state index contributed by atoms with van der Waals surface area (Å²) in [6.45, 7) is 4.31. The van der Waals surface area contributed by atoms with Gasteiger partial charge in [0.1, 0.15) is 0 Å². The summed E-state index contributed by atoms with van der Waals surface area (Å²) in [6.07, 6.45) is 2.59. The summed E-state index contributed by atoms with van der Waals surface area (Å²) < 4.78 is 0. The van der Waals surface area contributed by atoms with Crippen molar-refractivity contribution >= 4 is 17.7 Å². The summed E-state index contributed by atoms with van der Waals surface area (Å²) in [5.74, 6) is 0.219. The van der Waals surface area contributed by atoms with E-state index in [1.807, 2.05) is 24.0 Å². The summed E-state index contributed by atoms with van der Waals surface area (Å²) in [7, 11) is 0. The fourth-order valence-corrected chi connectivity index (χ4v) is 2.65. The van der Waals surface area contributed by atoms with Crippen LogP contribution in [-0.4, -0.2) is 48.8 Å². The van der Waals surface area contributed by atoms with Crippen LogP contribution in [0.25, 0.3) is 0 Å². The predicted octanol–water partition coefficient (Wildman–Crippen LogP) is 1.88. The second-order valence-electron chi connectivity index (χ2n) is 6.06. The molecule has 3 amide bonds. The molecule has 24 heavy (non-hydrogen) atoms. The van der Waals surface area contributed by atoms with Gasteiger partial charge in [0, 0.05) is 44.6 Å². The number of ketones is 1. The van der Waals surface area contributed by atoms with Crippen molar-refractivity contribution in [2.45, 2.75) is 32.6 Å². The lowest BCUT2D eigenvalue weighted by Gasteiger charge is -2.15. The molecule has 0 radical (unpaired) electrons. The topological polar surface area (TPSA) is 78.5 Å². The highest BCUT2D eigenvalue weighted by atomic mass is 16.2. The molecule has 0 saturated carbocycles. The van der Waals surface area contributed by atoms with E-state index in [1.165, 1.54) is 0 Å². The Morgan fingerprint density at radius 2 is 1.83 bits per heavy atom. The SMILES string of the molecule is Cc1ccc(C(=O)CCNC(=O)NCCCN2CCCC2=O)cc1. The molecule has 1 aliphatic heterocycles. The smallest absolute Gasteiger partial charge is 0.314 e. The summed E-state index contributed by atoms with van der Waals surface area (Å²) in [4.78, 5) is 36.9. The molecule has 0 unspecified atom stereocenters. The number of benzene rings is 1. The van der Waals surface area contributed by atoms with Crippen LogP contribution in [0.3, 0.4) is 0 Å². The summed E-state index contributed by atoms with van der Waals surface area (Å²) in [5.41, 5.74) is 1.78. The molecule has 1 aromatic rings. The van der Waals surface area contributed by atoms with E-state index in [4.69, 9.17) is 0 Å². The van der Waals surface area contributed by atoms with Gasteiger partial charge >= 0.3 is 6.03 Å². The molecule has 0 bridgehead atoms. The first kappa shape index (κ1) is 18.0. The van der Waals surface area contributed by atoms with E-state index < -0.39 is 0 Å². The Labute approximate surface area is 142 Å². The number of amides is 3. The Hall–Kier alpha value is -2.37. The molecule has 1 saturated heterocycles. The van der Waals surface area contributed by atoms with E-state index >= 15 is 0 Å². The number of urea groups is 1. The van der Waals surface area contributed by atoms with Crippen LogP contribution in [0.4, 0.5) is 4.79 Å². The maximum absolute atomic E-state index is 12.0. The second-order valence-corrected chi connectivity index (χ2v) is 6.06. The molecule has 0 aliphatic carbocycles. The number of carbonyl (C=O) groups is 3. The molecule has 6 nitrogen and oxygen atoms in total. The zero-order valence-electron chi connectivity index (χ0n) is 14.1. The Kier molecular flexibility index (Phi) is 6.78. The highest BCUT2D eigenvalue weighted by molar-refractivity contribution is 5.96. The molecule has 1 fully saturated rings. The van der Waals surface area contributed by atoms with Gasteiger partial charge in [-0.3, -0.25) is 9.59 Å². The van der Waals surface area contributed by atoms with Gasteiger partial charge in [0.25, 0.3) is 0 Å². The Bertz CT molecular complexity index is 584. The number of likely N-dealkylation sites (tertiary alicyclic amines) is 1. The van der Waals surface area contributed by atoms with Crippen LogP contribution in [0.1, 0.15) is 41.6 Å². The molecule has 2 N–H and O–H groups in total. The minimum atomic E-state index is -0.278. The summed E-state index contributed by atoms with van der Waals surface area (Å²) >= 11 is 0. The zero-order chi connectivity index (χ0) is 17.4. The molecular weight excluding hydrogens is 306 g/mol. The average molecular weight is 331 g/mol. The van der Waals surface area contributed by atoms with E-state index in [1.54, 1.807) is 12.1 Å². The molecular formula is C18H25N3O3. The van der Waals surface area contributed by atoms with Crippen molar-refractivity contribution in [2.24, 2.45) is 0 Å². The molecule has 0 atom stereocenters. The van der Waals surface area contributed by atoms with E-state index in [0.717, 1.165) is 24.9 Å². The Morgan fingerprint density at radius 1 is 1.12 bits per heavy atom. The van der Waals surface area contributed by atoms with Crippen LogP contribution in [0, 0.1) is 6.92 Å². The zero-order valence-corrected chi connectivity index (χ0v) is 14.1. The third kappa shape index (κ3) is 5.68. The maximum Gasteiger partial charge on any atom is 0.314 e. The van der Waals surface area contributed by atoms with Crippen LogP contribution in [0.15, 0.2) is 24.3 Å². The van der Waals surface area contributed by atoms with Crippen LogP contribution in [0.2, 0.25) is 0 Å². The molecule has 1 heterocycles. The van der Waals surface area contributed by atoms with E-state index in [2.05, 4.69) is 10.6 Å². The molecule has 130 valence electrons. The van der Waals surface area contributed by atoms with Gasteiger partial charge in [0.15, 0.2) is 5.78 Å². The number of carbonyl (C=O) groups excluding carboxylic acids is 3. The fraction of sp³-hybridized carbons (Fsp3) is 0.500. The third-order valence-electron chi connectivity index (χ3n) is 4.07. The van der Waals surface area contributed by atoms with Crippen molar-refractivity contribution in [2.75, 3.05) is 26.2 Å².